The molecule has 2 amide bonds. The molecule has 1 aliphatic rings. The summed E-state index contributed by atoms with van der Waals surface area (Å²) in [5.41, 5.74) is 4.93. The molecule has 5 rings (SSSR count). The number of rotatable bonds is 7. The van der Waals surface area contributed by atoms with E-state index in [4.69, 9.17) is 4.74 Å². The zero-order valence-corrected chi connectivity index (χ0v) is 22.1. The summed E-state index contributed by atoms with van der Waals surface area (Å²) < 4.78 is 4.95. The quantitative estimate of drug-likeness (QED) is 0.304. The molecule has 4 aromatic rings. The third kappa shape index (κ3) is 4.95. The number of carbonyl (C=O) groups excluding carboxylic acids is 3. The maximum absolute atomic E-state index is 13.2. The van der Waals surface area contributed by atoms with Crippen LogP contribution in [0.4, 0.5) is 5.69 Å². The molecule has 3 aromatic carbocycles. The lowest BCUT2D eigenvalue weighted by molar-refractivity contribution is -0.147. The van der Waals surface area contributed by atoms with Crippen LogP contribution in [0, 0.1) is 5.92 Å². The molecule has 0 bridgehead atoms. The van der Waals surface area contributed by atoms with Gasteiger partial charge in [0.15, 0.2) is 5.01 Å². The van der Waals surface area contributed by atoms with Gasteiger partial charge in [0.2, 0.25) is 0 Å². The smallest absolute Gasteiger partial charge is 0.328 e. The van der Waals surface area contributed by atoms with Crippen molar-refractivity contribution in [1.29, 1.82) is 0 Å². The normalized spacial score (nSPS) is 13.4. The number of ether oxygens (including phenoxy) is 1. The summed E-state index contributed by atoms with van der Waals surface area (Å²) in [5.74, 6) is -0.920. The van der Waals surface area contributed by atoms with Crippen molar-refractivity contribution in [2.45, 2.75) is 26.4 Å². The number of thiazole rings is 1. The molecule has 0 fully saturated rings. The zero-order chi connectivity index (χ0) is 26.8. The molecular weight excluding hydrogens is 498 g/mol. The van der Waals surface area contributed by atoms with E-state index in [0.29, 0.717) is 22.8 Å². The van der Waals surface area contributed by atoms with Crippen LogP contribution in [-0.2, 0) is 16.1 Å². The van der Waals surface area contributed by atoms with Crippen molar-refractivity contribution in [1.82, 2.24) is 9.88 Å². The molecule has 2 heterocycles. The summed E-state index contributed by atoms with van der Waals surface area (Å²) in [6.45, 7) is 4.18. The van der Waals surface area contributed by atoms with E-state index >= 15 is 0 Å². The van der Waals surface area contributed by atoms with E-state index in [1.807, 2.05) is 86.6 Å². The molecule has 1 N–H and O–H groups in total. The number of carbonyl (C=O) groups is 3. The van der Waals surface area contributed by atoms with Gasteiger partial charge in [-0.25, -0.2) is 9.78 Å². The zero-order valence-electron chi connectivity index (χ0n) is 21.3. The number of hydrogen-bond acceptors (Lipinski definition) is 6. The van der Waals surface area contributed by atoms with Crippen molar-refractivity contribution < 1.29 is 19.1 Å². The van der Waals surface area contributed by atoms with E-state index in [1.165, 1.54) is 18.4 Å². The second kappa shape index (κ2) is 10.6. The fourth-order valence-electron chi connectivity index (χ4n) is 4.65. The van der Waals surface area contributed by atoms with Crippen molar-refractivity contribution in [3.8, 4) is 21.6 Å². The summed E-state index contributed by atoms with van der Waals surface area (Å²) in [6.07, 6.45) is 1.71. The molecule has 0 unspecified atom stereocenters. The first-order valence-electron chi connectivity index (χ1n) is 12.3. The second-order valence-corrected chi connectivity index (χ2v) is 10.5. The van der Waals surface area contributed by atoms with Gasteiger partial charge >= 0.3 is 5.97 Å². The Hall–Kier alpha value is -4.30. The van der Waals surface area contributed by atoms with Gasteiger partial charge in [-0.15, -0.1) is 11.3 Å². The van der Waals surface area contributed by atoms with Gasteiger partial charge in [-0.05, 0) is 46.4 Å². The van der Waals surface area contributed by atoms with Crippen molar-refractivity contribution >= 4 is 34.8 Å². The molecule has 7 nitrogen and oxygen atoms in total. The first-order chi connectivity index (χ1) is 18.4. The summed E-state index contributed by atoms with van der Waals surface area (Å²) in [5, 5.41) is 3.29. The molecule has 0 saturated carbocycles. The van der Waals surface area contributed by atoms with E-state index < -0.39 is 12.0 Å². The van der Waals surface area contributed by atoms with Gasteiger partial charge < -0.3 is 15.0 Å². The fraction of sp³-hybridized carbons (Fsp3) is 0.200. The number of esters is 1. The number of nitrogens with zero attached hydrogens (tertiary/aromatic N) is 2. The summed E-state index contributed by atoms with van der Waals surface area (Å²) >= 11 is 1.34. The van der Waals surface area contributed by atoms with Gasteiger partial charge in [-0.2, -0.15) is 0 Å². The standard InChI is InChI=1S/C30H27N3O4S/c1-18(2)26(30(36)37-3)33-17-22-10-9-21(15-24(22)29(33)35)19-11-13-23(14-12-19)32-27(34)28-31-16-25(38-28)20-7-5-4-6-8-20/h4-16,18,26H,17H2,1-3H3,(H,32,34)/t26-/m0/s1. The highest BCUT2D eigenvalue weighted by Crippen LogP contribution is 2.32. The maximum atomic E-state index is 13.2. The van der Waals surface area contributed by atoms with Crippen molar-refractivity contribution in [2.75, 3.05) is 12.4 Å². The molecule has 0 radical (unpaired) electrons. The first kappa shape index (κ1) is 25.4. The molecular formula is C30H27N3O4S. The predicted octanol–water partition coefficient (Wildman–Crippen LogP) is 5.88. The minimum Gasteiger partial charge on any atom is -0.467 e. The lowest BCUT2D eigenvalue weighted by atomic mass is 10.00. The lowest BCUT2D eigenvalue weighted by Gasteiger charge is -2.28. The number of amides is 2. The average Bonchev–Trinajstić information content (AvgIpc) is 3.55. The Balaban J connectivity index is 1.29. The Labute approximate surface area is 225 Å². The third-order valence-electron chi connectivity index (χ3n) is 6.59. The summed E-state index contributed by atoms with van der Waals surface area (Å²) in [7, 11) is 1.34. The topological polar surface area (TPSA) is 88.6 Å². The predicted molar refractivity (Wildman–Crippen MR) is 148 cm³/mol. The summed E-state index contributed by atoms with van der Waals surface area (Å²) in [4.78, 5) is 45.1. The van der Waals surface area contributed by atoms with Gasteiger partial charge in [0.05, 0.1) is 12.0 Å². The molecule has 1 aliphatic heterocycles. The highest BCUT2D eigenvalue weighted by molar-refractivity contribution is 7.17. The van der Waals surface area contributed by atoms with Crippen LogP contribution in [0.25, 0.3) is 21.6 Å². The van der Waals surface area contributed by atoms with Gasteiger partial charge in [-0.3, -0.25) is 9.59 Å². The molecule has 38 heavy (non-hydrogen) atoms. The molecule has 0 aliphatic carbocycles. The van der Waals surface area contributed by atoms with Crippen LogP contribution >= 0.6 is 11.3 Å². The molecule has 8 heteroatoms. The van der Waals surface area contributed by atoms with Gasteiger partial charge in [0.1, 0.15) is 6.04 Å². The van der Waals surface area contributed by atoms with E-state index in [1.54, 1.807) is 11.1 Å². The third-order valence-corrected chi connectivity index (χ3v) is 7.63. The molecule has 1 aromatic heterocycles. The van der Waals surface area contributed by atoms with E-state index in [9.17, 15) is 14.4 Å². The van der Waals surface area contributed by atoms with Crippen LogP contribution in [0.5, 0.6) is 0 Å². The van der Waals surface area contributed by atoms with Crippen LogP contribution in [0.2, 0.25) is 0 Å². The first-order valence-corrected chi connectivity index (χ1v) is 13.1. The van der Waals surface area contributed by atoms with Gasteiger partial charge in [0.25, 0.3) is 11.8 Å². The molecule has 0 saturated heterocycles. The Morgan fingerprint density at radius 1 is 0.974 bits per heavy atom. The fourth-order valence-corrected chi connectivity index (χ4v) is 5.47. The van der Waals surface area contributed by atoms with Gasteiger partial charge in [0, 0.05) is 24.0 Å². The number of fused-ring (bicyclic) bond motifs is 1. The Morgan fingerprint density at radius 3 is 2.37 bits per heavy atom. The Morgan fingerprint density at radius 2 is 1.68 bits per heavy atom. The van der Waals surface area contributed by atoms with E-state index in [2.05, 4.69) is 10.3 Å². The van der Waals surface area contributed by atoms with Gasteiger partial charge in [-0.1, -0.05) is 68.4 Å². The largest absolute Gasteiger partial charge is 0.467 e. The van der Waals surface area contributed by atoms with Crippen molar-refractivity contribution in [3.63, 3.8) is 0 Å². The molecule has 192 valence electrons. The van der Waals surface area contributed by atoms with Crippen molar-refractivity contribution in [2.24, 2.45) is 5.92 Å². The van der Waals surface area contributed by atoms with Crippen LogP contribution < -0.4 is 5.32 Å². The SMILES string of the molecule is COC(=O)[C@H](C(C)C)N1Cc2ccc(-c3ccc(NC(=O)c4ncc(-c5ccccc5)s4)cc3)cc2C1=O. The lowest BCUT2D eigenvalue weighted by Crippen LogP contribution is -2.45. The van der Waals surface area contributed by atoms with Crippen molar-refractivity contribution in [3.05, 3.63) is 95.1 Å². The van der Waals surface area contributed by atoms with Crippen LogP contribution in [0.3, 0.4) is 0 Å². The number of methoxy groups -OCH3 is 1. The van der Waals surface area contributed by atoms with Crippen LogP contribution in [0.1, 0.15) is 39.6 Å². The Bertz CT molecular complexity index is 1500. The highest BCUT2D eigenvalue weighted by atomic mass is 32.1. The molecule has 1 atom stereocenters. The van der Waals surface area contributed by atoms with Crippen LogP contribution in [-0.4, -0.2) is 40.8 Å². The average molecular weight is 526 g/mol. The highest BCUT2D eigenvalue weighted by Gasteiger charge is 2.38. The number of anilines is 1. The number of nitrogens with one attached hydrogen (secondary N) is 1. The second-order valence-electron chi connectivity index (χ2n) is 9.44. The minimum atomic E-state index is -0.632. The monoisotopic (exact) mass is 525 g/mol. The van der Waals surface area contributed by atoms with E-state index in [-0.39, 0.29) is 17.7 Å². The molecule has 0 spiro atoms. The Kier molecular flexibility index (Phi) is 7.07. The summed E-state index contributed by atoms with van der Waals surface area (Å²) in [6, 6.07) is 22.4. The van der Waals surface area contributed by atoms with E-state index in [0.717, 1.165) is 27.1 Å². The number of aromatic nitrogens is 1. The minimum absolute atomic E-state index is 0.0720. The van der Waals surface area contributed by atoms with Crippen LogP contribution in [0.15, 0.2) is 79.0 Å². The number of hydrogen-bond donors (Lipinski definition) is 1. The maximum Gasteiger partial charge on any atom is 0.328 e. The number of benzene rings is 3.